The van der Waals surface area contributed by atoms with E-state index in [1.807, 2.05) is 0 Å². The van der Waals surface area contributed by atoms with E-state index in [2.05, 4.69) is 0 Å². The average Bonchev–Trinajstić information content (AvgIpc) is 3.55. The van der Waals surface area contributed by atoms with E-state index < -0.39 is 57.6 Å². The molecule has 29 heavy (non-hydrogen) atoms. The molecule has 7 nitrogen and oxygen atoms in total. The number of rotatable bonds is 3. The van der Waals surface area contributed by atoms with E-state index in [0.717, 1.165) is 23.6 Å². The Balaban J connectivity index is 1.81. The third kappa shape index (κ3) is 2.41. The number of alkyl halides is 1. The van der Waals surface area contributed by atoms with Gasteiger partial charge < -0.3 is 26.0 Å². The van der Waals surface area contributed by atoms with Crippen molar-refractivity contribution in [2.45, 2.75) is 37.5 Å². The number of nitrogens with zero attached hydrogens (tertiary/aromatic N) is 2. The summed E-state index contributed by atoms with van der Waals surface area (Å²) in [4.78, 5) is 25.6. The molecule has 3 fully saturated rings. The number of carbonyl (C=O) groups is 1. The monoisotopic (exact) mass is 408 g/mol. The Morgan fingerprint density at radius 1 is 1.28 bits per heavy atom. The fourth-order valence-electron chi connectivity index (χ4n) is 4.54. The van der Waals surface area contributed by atoms with E-state index in [4.69, 9.17) is 11.5 Å². The van der Waals surface area contributed by atoms with Crippen LogP contribution in [0.5, 0.6) is 0 Å². The summed E-state index contributed by atoms with van der Waals surface area (Å²) in [6.45, 7) is 0.588. The Kier molecular flexibility index (Phi) is 3.57. The van der Waals surface area contributed by atoms with Crippen LogP contribution in [0.3, 0.4) is 0 Å². The number of nitrogens with two attached hydrogens (primary N) is 2. The molecule has 3 unspecified atom stereocenters. The van der Waals surface area contributed by atoms with Crippen LogP contribution in [0, 0.1) is 17.0 Å². The first kappa shape index (κ1) is 18.3. The highest BCUT2D eigenvalue weighted by molar-refractivity contribution is 5.99. The fourth-order valence-corrected chi connectivity index (χ4v) is 4.54. The standard InChI is InChI=1S/C19H19F3N4O3/c20-8-3-9(8)26-4-7(18(28)29)17(27)11-14(24)12(21)16(13(22)15(11)26)25-5-10(23)19(6-25)1-2-19/h4,8-10H,1-3,5-6,23-24H2,(H,28,29). The van der Waals surface area contributed by atoms with Crippen molar-refractivity contribution >= 4 is 28.2 Å². The molecule has 2 saturated carbocycles. The summed E-state index contributed by atoms with van der Waals surface area (Å²) < 4.78 is 45.7. The molecule has 1 aromatic carbocycles. The molecule has 0 radical (unpaired) electrons. The Morgan fingerprint density at radius 2 is 1.93 bits per heavy atom. The molecule has 1 saturated heterocycles. The van der Waals surface area contributed by atoms with Crippen molar-refractivity contribution in [3.63, 3.8) is 0 Å². The minimum absolute atomic E-state index is 0.0424. The number of nitrogen functional groups attached to an aromatic ring is 1. The van der Waals surface area contributed by atoms with Gasteiger partial charge in [-0.15, -0.1) is 0 Å². The number of carboxylic acids is 1. The second-order valence-corrected chi connectivity index (χ2v) is 8.37. The molecule has 3 atom stereocenters. The van der Waals surface area contributed by atoms with E-state index in [0.29, 0.717) is 6.54 Å². The van der Waals surface area contributed by atoms with Crippen LogP contribution in [0.15, 0.2) is 11.0 Å². The molecule has 2 aliphatic carbocycles. The van der Waals surface area contributed by atoms with Crippen LogP contribution >= 0.6 is 0 Å². The fraction of sp³-hybridized carbons (Fsp3) is 0.474. The van der Waals surface area contributed by atoms with E-state index >= 15 is 8.78 Å². The van der Waals surface area contributed by atoms with Crippen LogP contribution in [0.1, 0.15) is 35.7 Å². The first-order valence-electron chi connectivity index (χ1n) is 9.39. The van der Waals surface area contributed by atoms with E-state index in [1.165, 1.54) is 4.90 Å². The zero-order valence-corrected chi connectivity index (χ0v) is 15.3. The van der Waals surface area contributed by atoms with Gasteiger partial charge in [-0.2, -0.15) is 0 Å². The van der Waals surface area contributed by atoms with Crippen LogP contribution in [-0.4, -0.2) is 40.9 Å². The number of pyridine rings is 1. The Hall–Kier alpha value is -2.75. The molecule has 5 N–H and O–H groups in total. The Labute approximate surface area is 162 Å². The van der Waals surface area contributed by atoms with Gasteiger partial charge in [-0.1, -0.05) is 0 Å². The number of carboxylic acid groups (broad SMARTS) is 1. The largest absolute Gasteiger partial charge is 0.477 e. The van der Waals surface area contributed by atoms with Gasteiger partial charge in [0.15, 0.2) is 11.6 Å². The maximum atomic E-state index is 15.6. The van der Waals surface area contributed by atoms with Gasteiger partial charge in [0, 0.05) is 37.2 Å². The van der Waals surface area contributed by atoms with Gasteiger partial charge in [0.1, 0.15) is 17.4 Å². The van der Waals surface area contributed by atoms with Crippen LogP contribution in [0.4, 0.5) is 24.5 Å². The molecule has 1 aromatic heterocycles. The molecule has 154 valence electrons. The summed E-state index contributed by atoms with van der Waals surface area (Å²) in [6, 6.07) is -1.08. The smallest absolute Gasteiger partial charge is 0.341 e. The molecule has 3 aliphatic rings. The lowest BCUT2D eigenvalue weighted by atomic mass is 10.0. The third-order valence-electron chi connectivity index (χ3n) is 6.55. The minimum atomic E-state index is -1.58. The van der Waals surface area contributed by atoms with Crippen molar-refractivity contribution in [2.75, 3.05) is 23.7 Å². The first-order chi connectivity index (χ1) is 13.7. The normalized spacial score (nSPS) is 27.0. The molecule has 0 amide bonds. The van der Waals surface area contributed by atoms with Crippen LogP contribution in [0.2, 0.25) is 0 Å². The Bertz CT molecular complexity index is 1140. The summed E-state index contributed by atoms with van der Waals surface area (Å²) >= 11 is 0. The van der Waals surface area contributed by atoms with Crippen molar-refractivity contribution in [3.05, 3.63) is 33.6 Å². The number of halogens is 3. The van der Waals surface area contributed by atoms with Gasteiger partial charge in [0.25, 0.3) is 0 Å². The van der Waals surface area contributed by atoms with E-state index in [9.17, 15) is 19.1 Å². The number of benzene rings is 1. The minimum Gasteiger partial charge on any atom is -0.477 e. The highest BCUT2D eigenvalue weighted by Gasteiger charge is 2.54. The number of aromatic carboxylic acids is 1. The van der Waals surface area contributed by atoms with Crippen molar-refractivity contribution in [3.8, 4) is 0 Å². The van der Waals surface area contributed by atoms with Crippen LogP contribution < -0.4 is 21.8 Å². The van der Waals surface area contributed by atoms with E-state index in [1.54, 1.807) is 0 Å². The second kappa shape index (κ2) is 5.65. The van der Waals surface area contributed by atoms with Gasteiger partial charge >= 0.3 is 5.97 Å². The molecule has 10 heteroatoms. The summed E-state index contributed by atoms with van der Waals surface area (Å²) in [5.41, 5.74) is 8.62. The zero-order valence-electron chi connectivity index (χ0n) is 15.3. The van der Waals surface area contributed by atoms with Gasteiger partial charge in [-0.05, 0) is 12.8 Å². The summed E-state index contributed by atoms with van der Waals surface area (Å²) in [5, 5.41) is 8.73. The van der Waals surface area contributed by atoms with Crippen LogP contribution in [0.25, 0.3) is 10.9 Å². The van der Waals surface area contributed by atoms with Crippen molar-refractivity contribution in [2.24, 2.45) is 11.1 Å². The maximum Gasteiger partial charge on any atom is 0.341 e. The molecular weight excluding hydrogens is 389 g/mol. The first-order valence-corrected chi connectivity index (χ1v) is 9.39. The predicted octanol–water partition coefficient (Wildman–Crippen LogP) is 1.77. The molecule has 2 aromatic rings. The summed E-state index contributed by atoms with van der Waals surface area (Å²) in [6.07, 6.45) is 1.39. The number of anilines is 2. The topological polar surface area (TPSA) is 115 Å². The Morgan fingerprint density at radius 3 is 2.45 bits per heavy atom. The van der Waals surface area contributed by atoms with E-state index in [-0.39, 0.29) is 29.9 Å². The molecule has 5 rings (SSSR count). The van der Waals surface area contributed by atoms with Crippen molar-refractivity contribution < 1.29 is 23.1 Å². The van der Waals surface area contributed by atoms with Gasteiger partial charge in [-0.3, -0.25) is 4.79 Å². The third-order valence-corrected chi connectivity index (χ3v) is 6.55. The summed E-state index contributed by atoms with van der Waals surface area (Å²) in [5.74, 6) is -3.75. The molecule has 1 aliphatic heterocycles. The molecule has 0 bridgehead atoms. The summed E-state index contributed by atoms with van der Waals surface area (Å²) in [7, 11) is 0. The van der Waals surface area contributed by atoms with Crippen molar-refractivity contribution in [1.29, 1.82) is 0 Å². The second-order valence-electron chi connectivity index (χ2n) is 8.37. The predicted molar refractivity (Wildman–Crippen MR) is 99.9 cm³/mol. The molecule has 1 spiro atoms. The zero-order chi connectivity index (χ0) is 20.8. The quantitative estimate of drug-likeness (QED) is 0.667. The maximum absolute atomic E-state index is 15.6. The lowest BCUT2D eigenvalue weighted by Gasteiger charge is -2.23. The molecule has 2 heterocycles. The number of hydrogen-bond donors (Lipinski definition) is 3. The lowest BCUT2D eigenvalue weighted by Crippen LogP contribution is -2.31. The number of hydrogen-bond acceptors (Lipinski definition) is 5. The molecular formula is C19H19F3N4O3. The van der Waals surface area contributed by atoms with Gasteiger partial charge in [0.2, 0.25) is 5.43 Å². The van der Waals surface area contributed by atoms with Crippen LogP contribution in [-0.2, 0) is 0 Å². The SMILES string of the molecule is Nc1c(F)c(N2CC(N)C3(CC3)C2)c(F)c2c1c(=O)c(C(=O)O)cn2C1CC1F. The lowest BCUT2D eigenvalue weighted by molar-refractivity contribution is 0.0694. The van der Waals surface area contributed by atoms with Crippen molar-refractivity contribution in [1.82, 2.24) is 4.57 Å². The average molecular weight is 408 g/mol. The van der Waals surface area contributed by atoms with Gasteiger partial charge in [-0.25, -0.2) is 18.0 Å². The highest BCUT2D eigenvalue weighted by atomic mass is 19.1. The number of fused-ring (bicyclic) bond motifs is 1. The number of aromatic nitrogens is 1. The highest BCUT2D eigenvalue weighted by Crippen LogP contribution is 2.54. The van der Waals surface area contributed by atoms with Gasteiger partial charge in [0.05, 0.1) is 22.6 Å².